The SMILES string of the molecule is NC[C@@H]1CCN(C(=O)COc2ccc(F)c(Cl)c2)C1. The molecule has 1 heterocycles. The van der Waals surface area contributed by atoms with Gasteiger partial charge < -0.3 is 15.4 Å². The van der Waals surface area contributed by atoms with Crippen molar-refractivity contribution in [1.29, 1.82) is 0 Å². The molecule has 0 spiro atoms. The van der Waals surface area contributed by atoms with Crippen molar-refractivity contribution < 1.29 is 13.9 Å². The number of ether oxygens (including phenoxy) is 1. The number of amides is 1. The first-order valence-corrected chi connectivity index (χ1v) is 6.53. The van der Waals surface area contributed by atoms with Gasteiger partial charge in [0.2, 0.25) is 0 Å². The fourth-order valence-corrected chi connectivity index (χ4v) is 2.23. The maximum Gasteiger partial charge on any atom is 0.260 e. The highest BCUT2D eigenvalue weighted by Gasteiger charge is 2.25. The predicted octanol–water partition coefficient (Wildman–Crippen LogP) is 1.67. The van der Waals surface area contributed by atoms with Crippen LogP contribution in [0.3, 0.4) is 0 Å². The highest BCUT2D eigenvalue weighted by Crippen LogP contribution is 2.21. The quantitative estimate of drug-likeness (QED) is 0.916. The molecule has 1 fully saturated rings. The molecule has 4 nitrogen and oxygen atoms in total. The summed E-state index contributed by atoms with van der Waals surface area (Å²) in [6, 6.07) is 4.01. The van der Waals surface area contributed by atoms with E-state index in [0.717, 1.165) is 6.42 Å². The zero-order valence-corrected chi connectivity index (χ0v) is 11.2. The van der Waals surface area contributed by atoms with Gasteiger partial charge in [-0.1, -0.05) is 11.6 Å². The van der Waals surface area contributed by atoms with Crippen molar-refractivity contribution in [3.8, 4) is 5.75 Å². The summed E-state index contributed by atoms with van der Waals surface area (Å²) < 4.78 is 18.3. The predicted molar refractivity (Wildman–Crippen MR) is 70.6 cm³/mol. The van der Waals surface area contributed by atoms with Crippen LogP contribution in [0.1, 0.15) is 6.42 Å². The van der Waals surface area contributed by atoms with Crippen molar-refractivity contribution in [2.24, 2.45) is 11.7 Å². The zero-order chi connectivity index (χ0) is 13.8. The number of halogens is 2. The summed E-state index contributed by atoms with van der Waals surface area (Å²) in [7, 11) is 0. The van der Waals surface area contributed by atoms with Crippen LogP contribution in [0.25, 0.3) is 0 Å². The summed E-state index contributed by atoms with van der Waals surface area (Å²) in [5.74, 6) is 0.167. The Morgan fingerprint density at radius 2 is 2.37 bits per heavy atom. The molecule has 1 aromatic carbocycles. The van der Waals surface area contributed by atoms with Crippen LogP contribution in [0.15, 0.2) is 18.2 Å². The minimum atomic E-state index is -0.509. The van der Waals surface area contributed by atoms with Crippen molar-refractivity contribution in [2.45, 2.75) is 6.42 Å². The number of hydrogen-bond donors (Lipinski definition) is 1. The van der Waals surface area contributed by atoms with Gasteiger partial charge in [0.25, 0.3) is 5.91 Å². The van der Waals surface area contributed by atoms with Crippen LogP contribution >= 0.6 is 11.6 Å². The Balaban J connectivity index is 1.85. The van der Waals surface area contributed by atoms with E-state index in [1.807, 2.05) is 0 Å². The lowest BCUT2D eigenvalue weighted by Crippen LogP contribution is -2.33. The van der Waals surface area contributed by atoms with E-state index in [1.54, 1.807) is 4.90 Å². The van der Waals surface area contributed by atoms with Crippen LogP contribution in [0.2, 0.25) is 5.02 Å². The molecule has 19 heavy (non-hydrogen) atoms. The Morgan fingerprint density at radius 1 is 1.58 bits per heavy atom. The lowest BCUT2D eigenvalue weighted by Gasteiger charge is -2.16. The molecule has 1 saturated heterocycles. The normalized spacial score (nSPS) is 18.7. The van der Waals surface area contributed by atoms with Crippen molar-refractivity contribution in [3.63, 3.8) is 0 Å². The summed E-state index contributed by atoms with van der Waals surface area (Å²) in [6.07, 6.45) is 0.935. The Bertz CT molecular complexity index is 470. The molecule has 0 unspecified atom stereocenters. The first kappa shape index (κ1) is 14.1. The Morgan fingerprint density at radius 3 is 3.00 bits per heavy atom. The van der Waals surface area contributed by atoms with Gasteiger partial charge in [0.15, 0.2) is 6.61 Å². The van der Waals surface area contributed by atoms with Crippen LogP contribution in [0, 0.1) is 11.7 Å². The molecule has 1 aliphatic rings. The molecule has 104 valence electrons. The fourth-order valence-electron chi connectivity index (χ4n) is 2.05. The average molecular weight is 287 g/mol. The molecule has 1 aliphatic heterocycles. The van der Waals surface area contributed by atoms with E-state index >= 15 is 0 Å². The molecule has 0 radical (unpaired) electrons. The van der Waals surface area contributed by atoms with Crippen LogP contribution in [0.4, 0.5) is 4.39 Å². The molecule has 6 heteroatoms. The van der Waals surface area contributed by atoms with Gasteiger partial charge in [-0.3, -0.25) is 4.79 Å². The molecule has 1 atom stereocenters. The third-order valence-electron chi connectivity index (χ3n) is 3.23. The monoisotopic (exact) mass is 286 g/mol. The van der Waals surface area contributed by atoms with Crippen molar-refractivity contribution in [1.82, 2.24) is 4.90 Å². The zero-order valence-electron chi connectivity index (χ0n) is 10.4. The maximum absolute atomic E-state index is 13.0. The molecule has 1 amide bonds. The number of nitrogens with two attached hydrogens (primary N) is 1. The number of hydrogen-bond acceptors (Lipinski definition) is 3. The van der Waals surface area contributed by atoms with Gasteiger partial charge >= 0.3 is 0 Å². The van der Waals surface area contributed by atoms with Gasteiger partial charge in [-0.15, -0.1) is 0 Å². The van der Waals surface area contributed by atoms with Crippen LogP contribution < -0.4 is 10.5 Å². The second-order valence-corrected chi connectivity index (χ2v) is 5.00. The summed E-state index contributed by atoms with van der Waals surface area (Å²) >= 11 is 5.63. The second kappa shape index (κ2) is 6.21. The molecule has 2 N–H and O–H groups in total. The molecule has 0 aliphatic carbocycles. The minimum absolute atomic E-state index is 0.0192. The molecular formula is C13H16ClFN2O2. The van der Waals surface area contributed by atoms with E-state index in [1.165, 1.54) is 18.2 Å². The van der Waals surface area contributed by atoms with Gasteiger partial charge in [0.1, 0.15) is 11.6 Å². The van der Waals surface area contributed by atoms with E-state index in [-0.39, 0.29) is 17.5 Å². The van der Waals surface area contributed by atoms with Gasteiger partial charge in [-0.2, -0.15) is 0 Å². The largest absolute Gasteiger partial charge is 0.484 e. The highest BCUT2D eigenvalue weighted by atomic mass is 35.5. The second-order valence-electron chi connectivity index (χ2n) is 4.59. The molecule has 0 aromatic heterocycles. The van der Waals surface area contributed by atoms with E-state index in [0.29, 0.717) is 31.3 Å². The third-order valence-corrected chi connectivity index (χ3v) is 3.51. The molecule has 2 rings (SSSR count). The van der Waals surface area contributed by atoms with E-state index in [9.17, 15) is 9.18 Å². The van der Waals surface area contributed by atoms with Crippen molar-refractivity contribution in [2.75, 3.05) is 26.2 Å². The summed E-state index contributed by atoms with van der Waals surface area (Å²) in [4.78, 5) is 13.6. The average Bonchev–Trinajstić information content (AvgIpc) is 2.88. The van der Waals surface area contributed by atoms with Gasteiger partial charge in [0, 0.05) is 19.2 Å². The number of likely N-dealkylation sites (tertiary alicyclic amines) is 1. The summed E-state index contributed by atoms with van der Waals surface area (Å²) in [6.45, 7) is 1.93. The maximum atomic E-state index is 13.0. The molecule has 1 aromatic rings. The Hall–Kier alpha value is -1.33. The summed E-state index contributed by atoms with van der Waals surface area (Å²) in [5.41, 5.74) is 5.57. The first-order valence-electron chi connectivity index (χ1n) is 6.16. The first-order chi connectivity index (χ1) is 9.10. The summed E-state index contributed by atoms with van der Waals surface area (Å²) in [5, 5.41) is -0.0192. The van der Waals surface area contributed by atoms with Crippen molar-refractivity contribution >= 4 is 17.5 Å². The number of rotatable bonds is 4. The lowest BCUT2D eigenvalue weighted by atomic mass is 10.1. The van der Waals surface area contributed by atoms with Gasteiger partial charge in [0.05, 0.1) is 5.02 Å². The molecular weight excluding hydrogens is 271 g/mol. The van der Waals surface area contributed by atoms with Crippen LogP contribution in [-0.2, 0) is 4.79 Å². The van der Waals surface area contributed by atoms with E-state index < -0.39 is 5.82 Å². The Kier molecular flexibility index (Phi) is 4.61. The van der Waals surface area contributed by atoms with E-state index in [4.69, 9.17) is 22.1 Å². The van der Waals surface area contributed by atoms with Crippen molar-refractivity contribution in [3.05, 3.63) is 29.0 Å². The molecule has 0 saturated carbocycles. The Labute approximate surface area is 116 Å². The molecule has 0 bridgehead atoms. The fraction of sp³-hybridized carbons (Fsp3) is 0.462. The van der Waals surface area contributed by atoms with E-state index in [2.05, 4.69) is 0 Å². The lowest BCUT2D eigenvalue weighted by molar-refractivity contribution is -0.132. The number of carbonyl (C=O) groups is 1. The minimum Gasteiger partial charge on any atom is -0.484 e. The number of benzene rings is 1. The highest BCUT2D eigenvalue weighted by molar-refractivity contribution is 6.30. The van der Waals surface area contributed by atoms with Gasteiger partial charge in [-0.25, -0.2) is 4.39 Å². The smallest absolute Gasteiger partial charge is 0.260 e. The van der Waals surface area contributed by atoms with Gasteiger partial charge in [-0.05, 0) is 31.0 Å². The number of carbonyl (C=O) groups excluding carboxylic acids is 1. The van der Waals surface area contributed by atoms with Crippen LogP contribution in [0.5, 0.6) is 5.75 Å². The van der Waals surface area contributed by atoms with Crippen LogP contribution in [-0.4, -0.2) is 37.0 Å². The number of nitrogens with zero attached hydrogens (tertiary/aromatic N) is 1. The third kappa shape index (κ3) is 3.58. The standard InChI is InChI=1S/C13H16ClFN2O2/c14-11-5-10(1-2-12(11)15)19-8-13(18)17-4-3-9(6-16)7-17/h1-2,5,9H,3-4,6-8,16H2/t9-/m0/s1. The topological polar surface area (TPSA) is 55.6 Å².